The van der Waals surface area contributed by atoms with E-state index in [4.69, 9.17) is 0 Å². The fourth-order valence-corrected chi connectivity index (χ4v) is 2.03. The third kappa shape index (κ3) is 7.73. The third-order valence-electron chi connectivity index (χ3n) is 3.33. The largest absolute Gasteiger partial charge is 0.352 e. The van der Waals surface area contributed by atoms with Gasteiger partial charge in [-0.05, 0) is 44.8 Å². The molecule has 0 bridgehead atoms. The van der Waals surface area contributed by atoms with Gasteiger partial charge >= 0.3 is 0 Å². The van der Waals surface area contributed by atoms with Gasteiger partial charge in [0.2, 0.25) is 11.8 Å². The van der Waals surface area contributed by atoms with Crippen molar-refractivity contribution in [1.29, 1.82) is 0 Å². The summed E-state index contributed by atoms with van der Waals surface area (Å²) in [7, 11) is 4.01. The lowest BCUT2D eigenvalue weighted by molar-refractivity contribution is -0.129. The van der Waals surface area contributed by atoms with Gasteiger partial charge in [0.15, 0.2) is 0 Å². The van der Waals surface area contributed by atoms with Gasteiger partial charge in [0.05, 0.1) is 0 Å². The van der Waals surface area contributed by atoms with E-state index in [-0.39, 0.29) is 11.8 Å². The monoisotopic (exact) mass is 306 g/mol. The number of carbonyl (C=O) groups excluding carboxylic acids is 2. The lowest BCUT2D eigenvalue weighted by Gasteiger charge is -2.21. The zero-order valence-electron chi connectivity index (χ0n) is 13.7. The van der Waals surface area contributed by atoms with E-state index in [1.165, 1.54) is 0 Å². The molecule has 6 heteroatoms. The van der Waals surface area contributed by atoms with Crippen molar-refractivity contribution >= 4 is 11.8 Å². The third-order valence-corrected chi connectivity index (χ3v) is 3.33. The summed E-state index contributed by atoms with van der Waals surface area (Å²) in [5, 5.41) is 2.85. The summed E-state index contributed by atoms with van der Waals surface area (Å²) in [6, 6.07) is 3.73. The van der Waals surface area contributed by atoms with Crippen molar-refractivity contribution in [2.24, 2.45) is 0 Å². The van der Waals surface area contributed by atoms with Gasteiger partial charge in [-0.15, -0.1) is 0 Å². The van der Waals surface area contributed by atoms with Crippen LogP contribution in [0.15, 0.2) is 24.5 Å². The number of hydrogen-bond acceptors (Lipinski definition) is 4. The second-order valence-corrected chi connectivity index (χ2v) is 5.55. The van der Waals surface area contributed by atoms with Crippen LogP contribution in [0.5, 0.6) is 0 Å². The van der Waals surface area contributed by atoms with Crippen LogP contribution < -0.4 is 5.32 Å². The summed E-state index contributed by atoms with van der Waals surface area (Å²) in [6.45, 7) is 4.11. The minimum Gasteiger partial charge on any atom is -0.352 e. The Kier molecular flexibility index (Phi) is 8.14. The fourth-order valence-electron chi connectivity index (χ4n) is 2.03. The molecule has 0 unspecified atom stereocenters. The second-order valence-electron chi connectivity index (χ2n) is 5.55. The molecular weight excluding hydrogens is 280 g/mol. The van der Waals surface area contributed by atoms with Crippen molar-refractivity contribution in [3.63, 3.8) is 0 Å². The molecule has 122 valence electrons. The summed E-state index contributed by atoms with van der Waals surface area (Å²) in [6.07, 6.45) is 4.63. The quantitative estimate of drug-likeness (QED) is 0.736. The number of nitrogens with one attached hydrogen (secondary N) is 1. The molecule has 1 aromatic heterocycles. The molecule has 0 saturated carbocycles. The average Bonchev–Trinajstić information content (AvgIpc) is 2.49. The number of rotatable bonds is 9. The Labute approximate surface area is 132 Å². The first-order valence-corrected chi connectivity index (χ1v) is 7.55. The number of amides is 2. The summed E-state index contributed by atoms with van der Waals surface area (Å²) in [5.74, 6) is -0.0311. The molecule has 1 heterocycles. The lowest BCUT2D eigenvalue weighted by atomic mass is 10.2. The zero-order chi connectivity index (χ0) is 16.4. The molecule has 0 aliphatic carbocycles. The van der Waals surface area contributed by atoms with Crippen LogP contribution in [0, 0.1) is 0 Å². The molecule has 1 N–H and O–H groups in total. The van der Waals surface area contributed by atoms with Gasteiger partial charge in [0.1, 0.15) is 0 Å². The Hall–Kier alpha value is -1.95. The molecule has 1 rings (SSSR count). The van der Waals surface area contributed by atoms with E-state index < -0.39 is 0 Å². The van der Waals surface area contributed by atoms with E-state index in [1.54, 1.807) is 24.2 Å². The molecule has 0 aromatic carbocycles. The Morgan fingerprint density at radius 2 is 1.82 bits per heavy atom. The van der Waals surface area contributed by atoms with Crippen LogP contribution in [-0.4, -0.2) is 60.3 Å². The predicted octanol–water partition coefficient (Wildman–Crippen LogP) is 0.888. The van der Waals surface area contributed by atoms with E-state index in [0.717, 1.165) is 18.5 Å². The van der Waals surface area contributed by atoms with Crippen LogP contribution in [0.4, 0.5) is 0 Å². The Morgan fingerprint density at radius 1 is 1.14 bits per heavy atom. The second kappa shape index (κ2) is 9.89. The van der Waals surface area contributed by atoms with Crippen LogP contribution in [-0.2, 0) is 16.1 Å². The van der Waals surface area contributed by atoms with Crippen LogP contribution in [0.3, 0.4) is 0 Å². The molecule has 2 amide bonds. The summed E-state index contributed by atoms with van der Waals surface area (Å²) < 4.78 is 0. The van der Waals surface area contributed by atoms with Gasteiger partial charge in [-0.1, -0.05) is 0 Å². The molecule has 22 heavy (non-hydrogen) atoms. The van der Waals surface area contributed by atoms with E-state index in [1.807, 2.05) is 26.2 Å². The molecule has 0 spiro atoms. The minimum atomic E-state index is -0.0457. The Balaban J connectivity index is 2.28. The van der Waals surface area contributed by atoms with E-state index in [0.29, 0.717) is 26.1 Å². The van der Waals surface area contributed by atoms with Gasteiger partial charge in [-0.3, -0.25) is 14.6 Å². The minimum absolute atomic E-state index is 0.0145. The Morgan fingerprint density at radius 3 is 2.41 bits per heavy atom. The van der Waals surface area contributed by atoms with Crippen molar-refractivity contribution in [2.45, 2.75) is 26.3 Å². The van der Waals surface area contributed by atoms with Gasteiger partial charge < -0.3 is 15.1 Å². The SMILES string of the molecule is CC(=O)N(CCCN(C)C)CCC(=O)NCc1ccncc1. The molecular formula is C16H26N4O2. The maximum atomic E-state index is 11.9. The predicted molar refractivity (Wildman–Crippen MR) is 86.1 cm³/mol. The highest BCUT2D eigenvalue weighted by Crippen LogP contribution is 1.98. The maximum absolute atomic E-state index is 11.9. The van der Waals surface area contributed by atoms with Crippen molar-refractivity contribution < 1.29 is 9.59 Å². The van der Waals surface area contributed by atoms with Crippen LogP contribution >= 0.6 is 0 Å². The first-order chi connectivity index (χ1) is 10.5. The summed E-state index contributed by atoms with van der Waals surface area (Å²) >= 11 is 0. The standard InChI is InChI=1S/C16H26N4O2/c1-14(21)20(11-4-10-19(2)3)12-7-16(22)18-13-15-5-8-17-9-6-15/h5-6,8-9H,4,7,10-13H2,1-3H3,(H,18,22). The lowest BCUT2D eigenvalue weighted by Crippen LogP contribution is -2.35. The molecule has 0 fully saturated rings. The van der Waals surface area contributed by atoms with Gasteiger partial charge in [0.25, 0.3) is 0 Å². The number of aromatic nitrogens is 1. The molecule has 6 nitrogen and oxygen atoms in total. The normalized spacial score (nSPS) is 10.5. The van der Waals surface area contributed by atoms with Gasteiger partial charge in [0, 0.05) is 45.4 Å². The number of carbonyl (C=O) groups is 2. The van der Waals surface area contributed by atoms with E-state index >= 15 is 0 Å². The van der Waals surface area contributed by atoms with Gasteiger partial charge in [-0.2, -0.15) is 0 Å². The highest BCUT2D eigenvalue weighted by Gasteiger charge is 2.11. The molecule has 0 atom stereocenters. The highest BCUT2D eigenvalue weighted by molar-refractivity contribution is 5.78. The number of nitrogens with zero attached hydrogens (tertiary/aromatic N) is 3. The fraction of sp³-hybridized carbons (Fsp3) is 0.562. The van der Waals surface area contributed by atoms with E-state index in [2.05, 4.69) is 15.2 Å². The first kappa shape index (κ1) is 18.1. The summed E-state index contributed by atoms with van der Waals surface area (Å²) in [5.41, 5.74) is 1.01. The Bertz CT molecular complexity index is 462. The number of hydrogen-bond donors (Lipinski definition) is 1. The molecule has 0 saturated heterocycles. The molecule has 0 aliphatic heterocycles. The molecule has 0 radical (unpaired) electrons. The maximum Gasteiger partial charge on any atom is 0.222 e. The first-order valence-electron chi connectivity index (χ1n) is 7.55. The van der Waals surface area contributed by atoms with Crippen LogP contribution in [0.2, 0.25) is 0 Å². The molecule has 0 aliphatic rings. The smallest absolute Gasteiger partial charge is 0.222 e. The number of pyridine rings is 1. The van der Waals surface area contributed by atoms with Crippen molar-refractivity contribution in [3.05, 3.63) is 30.1 Å². The average molecular weight is 306 g/mol. The van der Waals surface area contributed by atoms with Crippen molar-refractivity contribution in [3.8, 4) is 0 Å². The van der Waals surface area contributed by atoms with Crippen molar-refractivity contribution in [1.82, 2.24) is 20.1 Å². The highest BCUT2D eigenvalue weighted by atomic mass is 16.2. The van der Waals surface area contributed by atoms with Gasteiger partial charge in [-0.25, -0.2) is 0 Å². The van der Waals surface area contributed by atoms with E-state index in [9.17, 15) is 9.59 Å². The summed E-state index contributed by atoms with van der Waals surface area (Å²) in [4.78, 5) is 31.2. The van der Waals surface area contributed by atoms with Crippen LogP contribution in [0.25, 0.3) is 0 Å². The van der Waals surface area contributed by atoms with Crippen LogP contribution in [0.1, 0.15) is 25.3 Å². The zero-order valence-corrected chi connectivity index (χ0v) is 13.7. The molecule has 1 aromatic rings. The van der Waals surface area contributed by atoms with Crippen molar-refractivity contribution in [2.75, 3.05) is 33.7 Å². The topological polar surface area (TPSA) is 65.5 Å².